The van der Waals surface area contributed by atoms with E-state index in [1.807, 2.05) is 6.92 Å². The summed E-state index contributed by atoms with van der Waals surface area (Å²) in [6.45, 7) is 5.59. The van der Waals surface area contributed by atoms with Gasteiger partial charge in [0, 0.05) is 6.04 Å². The fourth-order valence-electron chi connectivity index (χ4n) is 2.52. The molecule has 0 spiro atoms. The quantitative estimate of drug-likeness (QED) is 0.728. The van der Waals surface area contributed by atoms with E-state index in [2.05, 4.69) is 17.6 Å². The molecule has 16 heavy (non-hydrogen) atoms. The third-order valence-electron chi connectivity index (χ3n) is 3.44. The highest BCUT2D eigenvalue weighted by Crippen LogP contribution is 2.27. The van der Waals surface area contributed by atoms with Gasteiger partial charge >= 0.3 is 0 Å². The zero-order chi connectivity index (χ0) is 11.8. The maximum Gasteiger partial charge on any atom is 0.234 e. The van der Waals surface area contributed by atoms with Gasteiger partial charge in [-0.15, -0.1) is 0 Å². The molecule has 0 bridgehead atoms. The summed E-state index contributed by atoms with van der Waals surface area (Å²) in [6.07, 6.45) is 7.57. The molecule has 1 aliphatic carbocycles. The maximum atomic E-state index is 11.5. The molecule has 1 saturated carbocycles. The molecule has 0 heterocycles. The van der Waals surface area contributed by atoms with Crippen molar-refractivity contribution in [3.05, 3.63) is 0 Å². The Hall–Kier alpha value is -0.570. The Bertz CT molecular complexity index is 198. The SMILES string of the molecule is CCCC1CCC(NC(=O)CNCC)CC1. The third kappa shape index (κ3) is 4.97. The zero-order valence-electron chi connectivity index (χ0n) is 10.7. The van der Waals surface area contributed by atoms with Crippen molar-refractivity contribution in [2.24, 2.45) is 5.92 Å². The number of hydrogen-bond donors (Lipinski definition) is 2. The fraction of sp³-hybridized carbons (Fsp3) is 0.923. The molecule has 3 nitrogen and oxygen atoms in total. The lowest BCUT2D eigenvalue weighted by molar-refractivity contribution is -0.121. The average Bonchev–Trinajstić information content (AvgIpc) is 2.29. The van der Waals surface area contributed by atoms with Gasteiger partial charge in [-0.25, -0.2) is 0 Å². The van der Waals surface area contributed by atoms with E-state index in [9.17, 15) is 4.79 Å². The molecule has 0 aromatic rings. The molecule has 1 aliphatic rings. The lowest BCUT2D eigenvalue weighted by atomic mass is 9.83. The van der Waals surface area contributed by atoms with Crippen molar-refractivity contribution in [2.45, 2.75) is 58.4 Å². The van der Waals surface area contributed by atoms with Crippen LogP contribution in [0.5, 0.6) is 0 Å². The molecule has 0 saturated heterocycles. The topological polar surface area (TPSA) is 41.1 Å². The number of amides is 1. The highest BCUT2D eigenvalue weighted by molar-refractivity contribution is 5.78. The molecule has 1 fully saturated rings. The van der Waals surface area contributed by atoms with Crippen molar-refractivity contribution in [1.82, 2.24) is 10.6 Å². The Balaban J connectivity index is 2.14. The van der Waals surface area contributed by atoms with E-state index in [1.165, 1.54) is 38.5 Å². The third-order valence-corrected chi connectivity index (χ3v) is 3.44. The molecule has 0 radical (unpaired) electrons. The van der Waals surface area contributed by atoms with E-state index < -0.39 is 0 Å². The Morgan fingerprint density at radius 2 is 1.88 bits per heavy atom. The van der Waals surface area contributed by atoms with E-state index in [0.717, 1.165) is 12.5 Å². The lowest BCUT2D eigenvalue weighted by Crippen LogP contribution is -2.42. The number of nitrogens with one attached hydrogen (secondary N) is 2. The van der Waals surface area contributed by atoms with Crippen LogP contribution in [-0.4, -0.2) is 25.0 Å². The summed E-state index contributed by atoms with van der Waals surface area (Å²) >= 11 is 0. The number of hydrogen-bond acceptors (Lipinski definition) is 2. The summed E-state index contributed by atoms with van der Waals surface area (Å²) in [7, 11) is 0. The minimum atomic E-state index is 0.154. The van der Waals surface area contributed by atoms with Gasteiger partial charge in [0.1, 0.15) is 0 Å². The first-order valence-corrected chi connectivity index (χ1v) is 6.76. The van der Waals surface area contributed by atoms with E-state index >= 15 is 0 Å². The summed E-state index contributed by atoms with van der Waals surface area (Å²) in [4.78, 5) is 11.5. The molecule has 1 amide bonds. The van der Waals surface area contributed by atoms with Gasteiger partial charge in [0.25, 0.3) is 0 Å². The van der Waals surface area contributed by atoms with Crippen molar-refractivity contribution < 1.29 is 4.79 Å². The molecule has 0 atom stereocenters. The zero-order valence-corrected chi connectivity index (χ0v) is 10.7. The van der Waals surface area contributed by atoms with Crippen molar-refractivity contribution >= 4 is 5.91 Å². The fourth-order valence-corrected chi connectivity index (χ4v) is 2.52. The highest BCUT2D eigenvalue weighted by Gasteiger charge is 2.21. The first-order valence-electron chi connectivity index (χ1n) is 6.76. The van der Waals surface area contributed by atoms with Crippen LogP contribution in [0.3, 0.4) is 0 Å². The van der Waals surface area contributed by atoms with Crippen LogP contribution >= 0.6 is 0 Å². The van der Waals surface area contributed by atoms with Crippen LogP contribution in [0.1, 0.15) is 52.4 Å². The predicted molar refractivity (Wildman–Crippen MR) is 67.3 cm³/mol. The summed E-state index contributed by atoms with van der Waals surface area (Å²) in [5.74, 6) is 1.06. The van der Waals surface area contributed by atoms with Gasteiger partial charge < -0.3 is 10.6 Å². The van der Waals surface area contributed by atoms with Crippen LogP contribution < -0.4 is 10.6 Å². The number of carbonyl (C=O) groups excluding carboxylic acids is 1. The summed E-state index contributed by atoms with van der Waals surface area (Å²) in [5, 5.41) is 6.17. The van der Waals surface area contributed by atoms with Gasteiger partial charge in [0.2, 0.25) is 5.91 Å². The monoisotopic (exact) mass is 226 g/mol. The van der Waals surface area contributed by atoms with Crippen LogP contribution in [0.2, 0.25) is 0 Å². The van der Waals surface area contributed by atoms with Crippen molar-refractivity contribution in [3.63, 3.8) is 0 Å². The largest absolute Gasteiger partial charge is 0.352 e. The number of carbonyl (C=O) groups is 1. The van der Waals surface area contributed by atoms with Gasteiger partial charge in [-0.3, -0.25) is 4.79 Å². The van der Waals surface area contributed by atoms with Gasteiger partial charge in [-0.05, 0) is 38.1 Å². The van der Waals surface area contributed by atoms with Crippen molar-refractivity contribution in [3.8, 4) is 0 Å². The summed E-state index contributed by atoms with van der Waals surface area (Å²) < 4.78 is 0. The van der Waals surface area contributed by atoms with Gasteiger partial charge in [-0.1, -0.05) is 26.7 Å². The maximum absolute atomic E-state index is 11.5. The van der Waals surface area contributed by atoms with E-state index in [4.69, 9.17) is 0 Å². The molecule has 94 valence electrons. The molecule has 3 heteroatoms. The molecular formula is C13H26N2O. The molecule has 2 N–H and O–H groups in total. The first kappa shape index (κ1) is 13.5. The van der Waals surface area contributed by atoms with E-state index in [0.29, 0.717) is 12.6 Å². The van der Waals surface area contributed by atoms with Gasteiger partial charge in [0.15, 0.2) is 0 Å². The molecule has 1 rings (SSSR count). The van der Waals surface area contributed by atoms with E-state index in [-0.39, 0.29) is 5.91 Å². The number of likely N-dealkylation sites (N-methyl/N-ethyl adjacent to an activating group) is 1. The number of rotatable bonds is 6. The second kappa shape index (κ2) is 7.66. The second-order valence-corrected chi connectivity index (χ2v) is 4.85. The Morgan fingerprint density at radius 3 is 2.44 bits per heavy atom. The van der Waals surface area contributed by atoms with Crippen molar-refractivity contribution in [1.29, 1.82) is 0 Å². The Morgan fingerprint density at radius 1 is 1.19 bits per heavy atom. The van der Waals surface area contributed by atoms with Crippen LogP contribution in [0.25, 0.3) is 0 Å². The van der Waals surface area contributed by atoms with Gasteiger partial charge in [-0.2, -0.15) is 0 Å². The molecule has 0 aromatic carbocycles. The predicted octanol–water partition coefficient (Wildman–Crippen LogP) is 2.07. The molecular weight excluding hydrogens is 200 g/mol. The van der Waals surface area contributed by atoms with Crippen molar-refractivity contribution in [2.75, 3.05) is 13.1 Å². The standard InChI is InChI=1S/C13H26N2O/c1-3-5-11-6-8-12(9-7-11)15-13(16)10-14-4-2/h11-12,14H,3-10H2,1-2H3,(H,15,16). The minimum absolute atomic E-state index is 0.154. The first-order chi connectivity index (χ1) is 7.76. The summed E-state index contributed by atoms with van der Waals surface area (Å²) in [6, 6.07) is 0.430. The van der Waals surface area contributed by atoms with E-state index in [1.54, 1.807) is 0 Å². The van der Waals surface area contributed by atoms with Gasteiger partial charge in [0.05, 0.1) is 6.54 Å². The Labute approximate surface area is 99.4 Å². The Kier molecular flexibility index (Phi) is 6.46. The van der Waals surface area contributed by atoms with Crippen LogP contribution in [0.4, 0.5) is 0 Å². The lowest BCUT2D eigenvalue weighted by Gasteiger charge is -2.29. The normalized spacial score (nSPS) is 25.4. The molecule has 0 aliphatic heterocycles. The average molecular weight is 226 g/mol. The smallest absolute Gasteiger partial charge is 0.234 e. The summed E-state index contributed by atoms with van der Waals surface area (Å²) in [5.41, 5.74) is 0. The minimum Gasteiger partial charge on any atom is -0.352 e. The second-order valence-electron chi connectivity index (χ2n) is 4.85. The van der Waals surface area contributed by atoms with Crippen LogP contribution in [0, 0.1) is 5.92 Å². The van der Waals surface area contributed by atoms with Crippen LogP contribution in [-0.2, 0) is 4.79 Å². The highest BCUT2D eigenvalue weighted by atomic mass is 16.1. The molecule has 0 aromatic heterocycles. The molecule has 0 unspecified atom stereocenters. The van der Waals surface area contributed by atoms with Crippen LogP contribution in [0.15, 0.2) is 0 Å².